The van der Waals surface area contributed by atoms with E-state index in [9.17, 15) is 0 Å². The van der Waals surface area contributed by atoms with Gasteiger partial charge in [-0.05, 0) is 20.3 Å². The summed E-state index contributed by atoms with van der Waals surface area (Å²) in [6.45, 7) is 8.51. The molecule has 2 N–H and O–H groups in total. The van der Waals surface area contributed by atoms with Crippen LogP contribution in [0, 0.1) is 0 Å². The molecule has 0 saturated heterocycles. The van der Waals surface area contributed by atoms with Gasteiger partial charge in [0, 0.05) is 19.7 Å². The van der Waals surface area contributed by atoms with Gasteiger partial charge in [-0.15, -0.1) is 0 Å². The zero-order valence-corrected chi connectivity index (χ0v) is 10.9. The molecule has 0 saturated carbocycles. The van der Waals surface area contributed by atoms with E-state index in [1.165, 1.54) is 0 Å². The molecule has 1 aromatic rings. The highest BCUT2D eigenvalue weighted by Gasteiger charge is 2.02. The fourth-order valence-corrected chi connectivity index (χ4v) is 1.38. The Labute approximate surface area is 103 Å². The van der Waals surface area contributed by atoms with Gasteiger partial charge < -0.3 is 15.4 Å². The van der Waals surface area contributed by atoms with E-state index in [-0.39, 0.29) is 6.10 Å². The zero-order valence-electron chi connectivity index (χ0n) is 10.9. The molecule has 0 aliphatic carbocycles. The molecule has 0 spiro atoms. The molecule has 0 radical (unpaired) electrons. The maximum atomic E-state index is 5.43. The first kappa shape index (κ1) is 13.7. The maximum absolute atomic E-state index is 5.43. The van der Waals surface area contributed by atoms with Gasteiger partial charge in [0.05, 0.1) is 18.5 Å². The Kier molecular flexibility index (Phi) is 6.32. The van der Waals surface area contributed by atoms with E-state index in [0.717, 1.165) is 37.8 Å². The van der Waals surface area contributed by atoms with Crippen molar-refractivity contribution in [1.29, 1.82) is 0 Å². The number of nitrogens with zero attached hydrogens (tertiary/aromatic N) is 2. The lowest BCUT2D eigenvalue weighted by molar-refractivity contribution is 0.0855. The van der Waals surface area contributed by atoms with Crippen LogP contribution in [0.2, 0.25) is 0 Å². The number of ether oxygens (including phenoxy) is 1. The predicted molar refractivity (Wildman–Crippen MR) is 70.4 cm³/mol. The van der Waals surface area contributed by atoms with Crippen molar-refractivity contribution < 1.29 is 4.74 Å². The Morgan fingerprint density at radius 1 is 1.24 bits per heavy atom. The van der Waals surface area contributed by atoms with E-state index in [1.807, 2.05) is 13.8 Å². The zero-order chi connectivity index (χ0) is 12.5. The van der Waals surface area contributed by atoms with Crippen LogP contribution in [0.5, 0.6) is 0 Å². The van der Waals surface area contributed by atoms with Gasteiger partial charge >= 0.3 is 0 Å². The lowest BCUT2D eigenvalue weighted by Gasteiger charge is -2.13. The van der Waals surface area contributed by atoms with Crippen molar-refractivity contribution in [2.24, 2.45) is 0 Å². The van der Waals surface area contributed by atoms with Gasteiger partial charge in [-0.2, -0.15) is 0 Å². The summed E-state index contributed by atoms with van der Waals surface area (Å²) in [5, 5.41) is 6.41. The smallest absolute Gasteiger partial charge is 0.147 e. The minimum atomic E-state index is 0.175. The van der Waals surface area contributed by atoms with E-state index < -0.39 is 0 Å². The first-order chi connectivity index (χ1) is 8.26. The highest BCUT2D eigenvalue weighted by atomic mass is 16.5. The molecular weight excluding hydrogens is 216 g/mol. The molecule has 5 heteroatoms. The average molecular weight is 238 g/mol. The van der Waals surface area contributed by atoms with Gasteiger partial charge in [-0.1, -0.05) is 6.92 Å². The molecule has 1 heterocycles. The summed E-state index contributed by atoms with van der Waals surface area (Å²) in [4.78, 5) is 8.54. The van der Waals surface area contributed by atoms with Crippen molar-refractivity contribution in [3.05, 3.63) is 12.4 Å². The Morgan fingerprint density at radius 3 is 2.59 bits per heavy atom. The van der Waals surface area contributed by atoms with Gasteiger partial charge in [0.1, 0.15) is 11.6 Å². The van der Waals surface area contributed by atoms with Crippen molar-refractivity contribution in [1.82, 2.24) is 9.97 Å². The van der Waals surface area contributed by atoms with Crippen molar-refractivity contribution in [3.8, 4) is 0 Å². The van der Waals surface area contributed by atoms with Crippen LogP contribution in [0.1, 0.15) is 27.2 Å². The van der Waals surface area contributed by atoms with Crippen molar-refractivity contribution in [3.63, 3.8) is 0 Å². The number of aromatic nitrogens is 2. The first-order valence-corrected chi connectivity index (χ1v) is 6.17. The predicted octanol–water partition coefficient (Wildman–Crippen LogP) is 2.14. The average Bonchev–Trinajstić information content (AvgIpc) is 2.35. The molecule has 1 unspecified atom stereocenters. The van der Waals surface area contributed by atoms with Gasteiger partial charge in [0.25, 0.3) is 0 Å². The lowest BCUT2D eigenvalue weighted by atomic mass is 10.4. The van der Waals surface area contributed by atoms with E-state index in [4.69, 9.17) is 4.74 Å². The minimum absolute atomic E-state index is 0.175. The van der Waals surface area contributed by atoms with Crippen molar-refractivity contribution >= 4 is 11.6 Å². The van der Waals surface area contributed by atoms with Crippen molar-refractivity contribution in [2.45, 2.75) is 33.3 Å². The molecule has 0 bridgehead atoms. The third-order valence-corrected chi connectivity index (χ3v) is 2.21. The van der Waals surface area contributed by atoms with Gasteiger partial charge in [-0.3, -0.25) is 4.98 Å². The fourth-order valence-electron chi connectivity index (χ4n) is 1.38. The van der Waals surface area contributed by atoms with E-state index in [2.05, 4.69) is 27.5 Å². The molecule has 96 valence electrons. The number of rotatable bonds is 8. The van der Waals surface area contributed by atoms with Crippen LogP contribution in [-0.4, -0.2) is 35.8 Å². The fraction of sp³-hybridized carbons (Fsp3) is 0.667. The minimum Gasteiger partial charge on any atom is -0.377 e. The summed E-state index contributed by atoms with van der Waals surface area (Å²) in [6, 6.07) is 0. The lowest BCUT2D eigenvalue weighted by Crippen LogP contribution is -2.20. The number of hydrogen-bond donors (Lipinski definition) is 2. The molecular formula is C12H22N4O. The van der Waals surface area contributed by atoms with Crippen LogP contribution in [-0.2, 0) is 4.74 Å². The third kappa shape index (κ3) is 5.49. The first-order valence-electron chi connectivity index (χ1n) is 6.17. The quantitative estimate of drug-likeness (QED) is 0.726. The van der Waals surface area contributed by atoms with E-state index in [1.54, 1.807) is 12.4 Å². The van der Waals surface area contributed by atoms with Gasteiger partial charge in [-0.25, -0.2) is 4.98 Å². The van der Waals surface area contributed by atoms with Crippen LogP contribution in [0.4, 0.5) is 11.6 Å². The molecule has 0 aromatic carbocycles. The van der Waals surface area contributed by atoms with Crippen LogP contribution in [0.25, 0.3) is 0 Å². The largest absolute Gasteiger partial charge is 0.377 e. The van der Waals surface area contributed by atoms with Crippen molar-refractivity contribution in [2.75, 3.05) is 30.3 Å². The summed E-state index contributed by atoms with van der Waals surface area (Å²) in [5.74, 6) is 1.58. The second-order valence-corrected chi connectivity index (χ2v) is 3.86. The highest BCUT2D eigenvalue weighted by molar-refractivity contribution is 5.41. The molecule has 1 atom stereocenters. The van der Waals surface area contributed by atoms with Crippen LogP contribution < -0.4 is 10.6 Å². The Balaban J connectivity index is 2.42. The monoisotopic (exact) mass is 238 g/mol. The van der Waals surface area contributed by atoms with Gasteiger partial charge in [0.2, 0.25) is 0 Å². The second-order valence-electron chi connectivity index (χ2n) is 3.86. The van der Waals surface area contributed by atoms with Gasteiger partial charge in [0.15, 0.2) is 0 Å². The Bertz CT molecular complexity index is 319. The van der Waals surface area contributed by atoms with Crippen LogP contribution in [0.15, 0.2) is 12.4 Å². The molecule has 0 fully saturated rings. The standard InChI is InChI=1S/C12H22N4O/c1-4-6-14-11-8-13-9-12(16-11)15-7-10(3)17-5-2/h8-10H,4-7H2,1-3H3,(H2,14,15,16). The molecule has 1 aromatic heterocycles. The molecule has 0 amide bonds. The summed E-state index contributed by atoms with van der Waals surface area (Å²) in [6.07, 6.45) is 4.69. The highest BCUT2D eigenvalue weighted by Crippen LogP contribution is 2.06. The Morgan fingerprint density at radius 2 is 1.94 bits per heavy atom. The normalized spacial score (nSPS) is 12.2. The topological polar surface area (TPSA) is 59.1 Å². The number of hydrogen-bond acceptors (Lipinski definition) is 5. The van der Waals surface area contributed by atoms with Crippen LogP contribution >= 0.6 is 0 Å². The summed E-state index contributed by atoms with van der Waals surface area (Å²) in [5.41, 5.74) is 0. The summed E-state index contributed by atoms with van der Waals surface area (Å²) >= 11 is 0. The molecule has 5 nitrogen and oxygen atoms in total. The summed E-state index contributed by atoms with van der Waals surface area (Å²) < 4.78 is 5.43. The van der Waals surface area contributed by atoms with E-state index in [0.29, 0.717) is 0 Å². The summed E-state index contributed by atoms with van der Waals surface area (Å²) in [7, 11) is 0. The molecule has 17 heavy (non-hydrogen) atoms. The Hall–Kier alpha value is -1.36. The molecule has 0 aliphatic rings. The number of anilines is 2. The second kappa shape index (κ2) is 7.84. The van der Waals surface area contributed by atoms with Crippen LogP contribution in [0.3, 0.4) is 0 Å². The SMILES string of the molecule is CCCNc1cncc(NCC(C)OCC)n1. The molecule has 1 rings (SSSR count). The molecule has 0 aliphatic heterocycles. The maximum Gasteiger partial charge on any atom is 0.147 e. The third-order valence-electron chi connectivity index (χ3n) is 2.21. The number of nitrogens with one attached hydrogen (secondary N) is 2. The van der Waals surface area contributed by atoms with E-state index >= 15 is 0 Å².